The van der Waals surface area contributed by atoms with Crippen LogP contribution in [0.3, 0.4) is 0 Å². The summed E-state index contributed by atoms with van der Waals surface area (Å²) in [4.78, 5) is 4.97. The van der Waals surface area contributed by atoms with Crippen molar-refractivity contribution in [2.45, 2.75) is 64.3 Å². The van der Waals surface area contributed by atoms with Gasteiger partial charge in [-0.15, -0.1) is 0 Å². The molecule has 2 fully saturated rings. The highest BCUT2D eigenvalue weighted by Gasteiger charge is 2.34. The summed E-state index contributed by atoms with van der Waals surface area (Å²) < 4.78 is 6.23. The SMILES string of the molecule is CC1CN(CC2CCC(CNC(C)(C)C)O2)CC1N(C)C. The fourth-order valence-corrected chi connectivity index (χ4v) is 3.64. The number of hydrogen-bond donors (Lipinski definition) is 1. The molecule has 0 aromatic rings. The van der Waals surface area contributed by atoms with E-state index in [4.69, 9.17) is 4.74 Å². The zero-order valence-corrected chi connectivity index (χ0v) is 14.9. The summed E-state index contributed by atoms with van der Waals surface area (Å²) in [6, 6.07) is 0.699. The predicted octanol–water partition coefficient (Wildman–Crippen LogP) is 1.80. The van der Waals surface area contributed by atoms with Crippen LogP contribution < -0.4 is 5.32 Å². The molecule has 124 valence electrons. The van der Waals surface area contributed by atoms with Crippen molar-refractivity contribution in [3.8, 4) is 0 Å². The summed E-state index contributed by atoms with van der Waals surface area (Å²) in [5, 5.41) is 3.56. The van der Waals surface area contributed by atoms with Crippen LogP contribution in [-0.4, -0.2) is 73.9 Å². The predicted molar refractivity (Wildman–Crippen MR) is 88.7 cm³/mol. The minimum atomic E-state index is 0.185. The second kappa shape index (κ2) is 6.95. The molecular weight excluding hydrogens is 262 g/mol. The highest BCUT2D eigenvalue weighted by molar-refractivity contribution is 4.89. The van der Waals surface area contributed by atoms with Crippen LogP contribution in [0.25, 0.3) is 0 Å². The molecule has 0 spiro atoms. The Kier molecular flexibility index (Phi) is 5.69. The van der Waals surface area contributed by atoms with Crippen molar-refractivity contribution in [3.05, 3.63) is 0 Å². The van der Waals surface area contributed by atoms with Gasteiger partial charge in [-0.2, -0.15) is 0 Å². The fraction of sp³-hybridized carbons (Fsp3) is 1.00. The largest absolute Gasteiger partial charge is 0.372 e. The zero-order chi connectivity index (χ0) is 15.6. The van der Waals surface area contributed by atoms with E-state index in [2.05, 4.69) is 56.9 Å². The summed E-state index contributed by atoms with van der Waals surface area (Å²) in [5.41, 5.74) is 0.185. The first kappa shape index (κ1) is 17.2. The Morgan fingerprint density at radius 3 is 2.38 bits per heavy atom. The molecule has 21 heavy (non-hydrogen) atoms. The third-order valence-corrected chi connectivity index (χ3v) is 4.83. The molecule has 0 bridgehead atoms. The third kappa shape index (κ3) is 5.20. The summed E-state index contributed by atoms with van der Waals surface area (Å²) in [7, 11) is 4.40. The van der Waals surface area contributed by atoms with Gasteiger partial charge in [-0.3, -0.25) is 4.90 Å². The standard InChI is InChI=1S/C17H35N3O/c1-13-10-20(12-16(13)19(5)6)11-15-8-7-14(21-15)9-18-17(2,3)4/h13-16,18H,7-12H2,1-6H3. The number of hydrogen-bond acceptors (Lipinski definition) is 4. The fourth-order valence-electron chi connectivity index (χ4n) is 3.64. The molecule has 2 rings (SSSR count). The Morgan fingerprint density at radius 2 is 1.81 bits per heavy atom. The van der Waals surface area contributed by atoms with Crippen molar-refractivity contribution in [1.29, 1.82) is 0 Å². The van der Waals surface area contributed by atoms with E-state index in [0.29, 0.717) is 18.2 Å². The molecule has 4 unspecified atom stereocenters. The molecule has 0 aromatic heterocycles. The highest BCUT2D eigenvalue weighted by Crippen LogP contribution is 2.25. The maximum Gasteiger partial charge on any atom is 0.0707 e. The molecule has 2 saturated heterocycles. The van der Waals surface area contributed by atoms with Crippen LogP contribution in [0.15, 0.2) is 0 Å². The Morgan fingerprint density at radius 1 is 1.14 bits per heavy atom. The van der Waals surface area contributed by atoms with Crippen LogP contribution in [0.1, 0.15) is 40.5 Å². The summed E-state index contributed by atoms with van der Waals surface area (Å²) in [5.74, 6) is 0.764. The van der Waals surface area contributed by atoms with Crippen LogP contribution in [-0.2, 0) is 4.74 Å². The van der Waals surface area contributed by atoms with Gasteiger partial charge in [0.25, 0.3) is 0 Å². The Hall–Kier alpha value is -0.160. The summed E-state index contributed by atoms with van der Waals surface area (Å²) >= 11 is 0. The molecule has 2 heterocycles. The van der Waals surface area contributed by atoms with Crippen molar-refractivity contribution < 1.29 is 4.74 Å². The van der Waals surface area contributed by atoms with E-state index >= 15 is 0 Å². The van der Waals surface area contributed by atoms with Crippen LogP contribution in [0.5, 0.6) is 0 Å². The molecule has 4 heteroatoms. The zero-order valence-electron chi connectivity index (χ0n) is 14.9. The lowest BCUT2D eigenvalue weighted by atomic mass is 10.1. The molecule has 2 aliphatic heterocycles. The van der Waals surface area contributed by atoms with Gasteiger partial charge < -0.3 is 15.0 Å². The number of nitrogens with one attached hydrogen (secondary N) is 1. The smallest absolute Gasteiger partial charge is 0.0707 e. The van der Waals surface area contributed by atoms with Gasteiger partial charge in [-0.05, 0) is 53.6 Å². The summed E-state index contributed by atoms with van der Waals surface area (Å²) in [6.07, 6.45) is 3.26. The van der Waals surface area contributed by atoms with E-state index in [0.717, 1.165) is 19.0 Å². The first-order valence-corrected chi connectivity index (χ1v) is 8.54. The molecule has 0 radical (unpaired) electrons. The maximum absolute atomic E-state index is 6.23. The monoisotopic (exact) mass is 297 g/mol. The minimum Gasteiger partial charge on any atom is -0.372 e. The first-order valence-electron chi connectivity index (χ1n) is 8.54. The van der Waals surface area contributed by atoms with Crippen LogP contribution in [0.2, 0.25) is 0 Å². The van der Waals surface area contributed by atoms with E-state index in [9.17, 15) is 0 Å². The van der Waals surface area contributed by atoms with E-state index < -0.39 is 0 Å². The lowest BCUT2D eigenvalue weighted by Gasteiger charge is -2.25. The van der Waals surface area contributed by atoms with Crippen molar-refractivity contribution >= 4 is 0 Å². The lowest BCUT2D eigenvalue weighted by Crippen LogP contribution is -2.41. The van der Waals surface area contributed by atoms with Crippen LogP contribution >= 0.6 is 0 Å². The number of likely N-dealkylation sites (N-methyl/N-ethyl adjacent to an activating group) is 1. The van der Waals surface area contributed by atoms with Gasteiger partial charge in [0.15, 0.2) is 0 Å². The van der Waals surface area contributed by atoms with Gasteiger partial charge in [0.1, 0.15) is 0 Å². The van der Waals surface area contributed by atoms with Gasteiger partial charge in [-0.25, -0.2) is 0 Å². The van der Waals surface area contributed by atoms with Gasteiger partial charge in [0, 0.05) is 37.8 Å². The van der Waals surface area contributed by atoms with Crippen LogP contribution in [0, 0.1) is 5.92 Å². The Balaban J connectivity index is 1.71. The normalized spacial score (nSPS) is 35.0. The number of likely N-dealkylation sites (tertiary alicyclic amines) is 1. The molecule has 2 aliphatic rings. The first-order chi connectivity index (χ1) is 9.74. The molecule has 0 aromatic carbocycles. The van der Waals surface area contributed by atoms with E-state index in [1.807, 2.05) is 0 Å². The maximum atomic E-state index is 6.23. The number of ether oxygens (including phenoxy) is 1. The molecule has 4 nitrogen and oxygen atoms in total. The Labute approximate surface area is 131 Å². The topological polar surface area (TPSA) is 27.7 Å². The molecular formula is C17H35N3O. The average Bonchev–Trinajstić information content (AvgIpc) is 2.93. The van der Waals surface area contributed by atoms with Crippen molar-refractivity contribution in [1.82, 2.24) is 15.1 Å². The van der Waals surface area contributed by atoms with Gasteiger partial charge >= 0.3 is 0 Å². The second-order valence-electron chi connectivity index (χ2n) is 8.32. The van der Waals surface area contributed by atoms with Gasteiger partial charge in [0.05, 0.1) is 12.2 Å². The van der Waals surface area contributed by atoms with E-state index in [1.54, 1.807) is 0 Å². The van der Waals surface area contributed by atoms with E-state index in [1.165, 1.54) is 25.9 Å². The average molecular weight is 297 g/mol. The van der Waals surface area contributed by atoms with Gasteiger partial charge in [0.2, 0.25) is 0 Å². The van der Waals surface area contributed by atoms with Gasteiger partial charge in [-0.1, -0.05) is 6.92 Å². The molecule has 0 amide bonds. The van der Waals surface area contributed by atoms with Crippen LogP contribution in [0.4, 0.5) is 0 Å². The lowest BCUT2D eigenvalue weighted by molar-refractivity contribution is 0.0238. The minimum absolute atomic E-state index is 0.185. The molecule has 0 saturated carbocycles. The van der Waals surface area contributed by atoms with Crippen molar-refractivity contribution in [3.63, 3.8) is 0 Å². The van der Waals surface area contributed by atoms with Crippen molar-refractivity contribution in [2.24, 2.45) is 5.92 Å². The molecule has 4 atom stereocenters. The highest BCUT2D eigenvalue weighted by atomic mass is 16.5. The molecule has 0 aliphatic carbocycles. The van der Waals surface area contributed by atoms with Crippen molar-refractivity contribution in [2.75, 3.05) is 40.3 Å². The summed E-state index contributed by atoms with van der Waals surface area (Å²) in [6.45, 7) is 13.5. The number of nitrogens with zero attached hydrogens (tertiary/aromatic N) is 2. The quantitative estimate of drug-likeness (QED) is 0.837. The molecule has 1 N–H and O–H groups in total. The second-order valence-corrected chi connectivity index (χ2v) is 8.32. The number of rotatable bonds is 5. The van der Waals surface area contributed by atoms with E-state index in [-0.39, 0.29) is 5.54 Å². The third-order valence-electron chi connectivity index (χ3n) is 4.83. The Bertz CT molecular complexity index is 326.